The van der Waals surface area contributed by atoms with E-state index in [0.29, 0.717) is 16.9 Å². The molecule has 7 nitrogen and oxygen atoms in total. The molecule has 0 aliphatic carbocycles. The highest BCUT2D eigenvalue weighted by Gasteiger charge is 2.54. The van der Waals surface area contributed by atoms with E-state index in [0.717, 1.165) is 17.3 Å². The maximum atomic E-state index is 12.7. The monoisotopic (exact) mass is 468 g/mol. The topological polar surface area (TPSA) is 104 Å². The zero-order chi connectivity index (χ0) is 22.7. The summed E-state index contributed by atoms with van der Waals surface area (Å²) in [5.41, 5.74) is 1.81. The molecule has 2 amide bonds. The molecule has 1 fully saturated rings. The number of fused-ring (bicyclic) bond motifs is 1. The average molecular weight is 469 g/mol. The predicted octanol–water partition coefficient (Wildman–Crippen LogP) is 2.54. The third-order valence-corrected chi connectivity index (χ3v) is 7.49. The van der Waals surface area contributed by atoms with E-state index in [4.69, 9.17) is 0 Å². The van der Waals surface area contributed by atoms with Crippen molar-refractivity contribution in [3.63, 3.8) is 0 Å². The molecule has 9 heteroatoms. The van der Waals surface area contributed by atoms with E-state index in [1.54, 1.807) is 24.3 Å². The Morgan fingerprint density at radius 3 is 2.38 bits per heavy atom. The second kappa shape index (κ2) is 9.62. The van der Waals surface area contributed by atoms with Gasteiger partial charge in [-0.25, -0.2) is 4.79 Å². The first-order valence-corrected chi connectivity index (χ1v) is 11.9. The number of thioether (sulfide) groups is 2. The third-order valence-electron chi connectivity index (χ3n) is 5.16. The highest BCUT2D eigenvalue weighted by molar-refractivity contribution is 8.14. The molecule has 2 aromatic rings. The van der Waals surface area contributed by atoms with Gasteiger partial charge in [0.15, 0.2) is 0 Å². The van der Waals surface area contributed by atoms with Crippen molar-refractivity contribution in [3.05, 3.63) is 83.1 Å². The number of carboxylic acids is 1. The Labute approximate surface area is 193 Å². The maximum absolute atomic E-state index is 12.7. The molecule has 2 aliphatic heterocycles. The highest BCUT2D eigenvalue weighted by atomic mass is 32.2. The number of carbonyl (C=O) groups excluding carboxylic acids is 3. The van der Waals surface area contributed by atoms with Gasteiger partial charge in [-0.2, -0.15) is 0 Å². The van der Waals surface area contributed by atoms with Gasteiger partial charge in [-0.05, 0) is 11.1 Å². The number of nitrogens with one attached hydrogen (secondary N) is 1. The number of hydrogen-bond acceptors (Lipinski definition) is 6. The first-order valence-electron chi connectivity index (χ1n) is 9.91. The van der Waals surface area contributed by atoms with Crippen LogP contribution in [0.15, 0.2) is 71.9 Å². The van der Waals surface area contributed by atoms with Gasteiger partial charge in [0, 0.05) is 17.1 Å². The standard InChI is InChI=1S/C23H20N2O5S2/c26-17(11-14-7-3-1-4-8-14)24-18-20(27)25-19(22(28)29)16(12-31-21(18)25)13-32-23(30)15-9-5-2-6-10-15/h1-10,18,21H,11-13H2,(H,24,26)(H,28,29)/t18-,21-/m1/s1. The van der Waals surface area contributed by atoms with Crippen LogP contribution < -0.4 is 5.32 Å². The normalized spacial score (nSPS) is 19.8. The van der Waals surface area contributed by atoms with Gasteiger partial charge in [-0.15, -0.1) is 11.8 Å². The first-order chi connectivity index (χ1) is 15.5. The molecule has 2 aromatic carbocycles. The van der Waals surface area contributed by atoms with Gasteiger partial charge in [0.05, 0.1) is 6.42 Å². The summed E-state index contributed by atoms with van der Waals surface area (Å²) in [7, 11) is 0. The number of β-lactam (4-membered cyclic amide) rings is 1. The molecule has 1 saturated heterocycles. The minimum absolute atomic E-state index is 0.0827. The maximum Gasteiger partial charge on any atom is 0.352 e. The third kappa shape index (κ3) is 4.58. The number of benzene rings is 2. The summed E-state index contributed by atoms with van der Waals surface area (Å²) in [5.74, 6) is -1.39. The van der Waals surface area contributed by atoms with Crippen LogP contribution >= 0.6 is 23.5 Å². The molecule has 0 unspecified atom stereocenters. The quantitative estimate of drug-likeness (QED) is 0.602. The van der Waals surface area contributed by atoms with E-state index in [-0.39, 0.29) is 28.9 Å². The number of rotatable bonds is 7. The molecule has 0 bridgehead atoms. The summed E-state index contributed by atoms with van der Waals surface area (Å²) in [5, 5.41) is 11.9. The van der Waals surface area contributed by atoms with Gasteiger partial charge >= 0.3 is 5.97 Å². The van der Waals surface area contributed by atoms with E-state index in [9.17, 15) is 24.3 Å². The minimum Gasteiger partial charge on any atom is -0.477 e. The Hall–Kier alpha value is -3.04. The molecule has 4 rings (SSSR count). The van der Waals surface area contributed by atoms with Gasteiger partial charge < -0.3 is 10.4 Å². The molecular weight excluding hydrogens is 448 g/mol. The van der Waals surface area contributed by atoms with Crippen molar-refractivity contribution < 1.29 is 24.3 Å². The van der Waals surface area contributed by atoms with E-state index in [1.807, 2.05) is 36.4 Å². The molecule has 0 spiro atoms. The first kappa shape index (κ1) is 22.2. The number of carboxylic acid groups (broad SMARTS) is 1. The SMILES string of the molecule is O=C(Cc1ccccc1)N[C@@H]1C(=O)N2C(C(=O)O)=C(CSC(=O)c3ccccc3)CS[C@H]12. The average Bonchev–Trinajstić information content (AvgIpc) is 2.81. The van der Waals surface area contributed by atoms with E-state index < -0.39 is 23.3 Å². The Bertz CT molecular complexity index is 1090. The van der Waals surface area contributed by atoms with E-state index in [2.05, 4.69) is 5.32 Å². The number of amides is 2. The molecule has 2 heterocycles. The van der Waals surface area contributed by atoms with Crippen LogP contribution in [0.2, 0.25) is 0 Å². The van der Waals surface area contributed by atoms with Crippen LogP contribution in [-0.2, 0) is 20.8 Å². The molecule has 0 saturated carbocycles. The molecule has 2 atom stereocenters. The van der Waals surface area contributed by atoms with Crippen LogP contribution in [0.5, 0.6) is 0 Å². The predicted molar refractivity (Wildman–Crippen MR) is 123 cm³/mol. The number of hydrogen-bond donors (Lipinski definition) is 2. The summed E-state index contributed by atoms with van der Waals surface area (Å²) in [6, 6.07) is 17.2. The summed E-state index contributed by atoms with van der Waals surface area (Å²) < 4.78 is 0. The van der Waals surface area contributed by atoms with Crippen LogP contribution in [0.4, 0.5) is 0 Å². The van der Waals surface area contributed by atoms with E-state index >= 15 is 0 Å². The van der Waals surface area contributed by atoms with Crippen LogP contribution in [0.3, 0.4) is 0 Å². The van der Waals surface area contributed by atoms with Crippen LogP contribution in [0.25, 0.3) is 0 Å². The fraction of sp³-hybridized carbons (Fsp3) is 0.217. The second-order valence-corrected chi connectivity index (χ2v) is 9.37. The Kier molecular flexibility index (Phi) is 6.66. The van der Waals surface area contributed by atoms with Gasteiger partial charge in [0.1, 0.15) is 17.1 Å². The van der Waals surface area contributed by atoms with Crippen molar-refractivity contribution in [1.29, 1.82) is 0 Å². The fourth-order valence-electron chi connectivity index (χ4n) is 3.61. The lowest BCUT2D eigenvalue weighted by Crippen LogP contribution is -2.70. The van der Waals surface area contributed by atoms with Crippen molar-refractivity contribution in [1.82, 2.24) is 10.2 Å². The molecular formula is C23H20N2O5S2. The smallest absolute Gasteiger partial charge is 0.352 e. The molecule has 32 heavy (non-hydrogen) atoms. The summed E-state index contributed by atoms with van der Waals surface area (Å²) in [4.78, 5) is 50.6. The highest BCUT2D eigenvalue weighted by Crippen LogP contribution is 2.41. The van der Waals surface area contributed by atoms with Crippen molar-refractivity contribution in [2.45, 2.75) is 17.8 Å². The van der Waals surface area contributed by atoms with Gasteiger partial charge in [-0.3, -0.25) is 19.3 Å². The van der Waals surface area contributed by atoms with Crippen molar-refractivity contribution in [2.24, 2.45) is 0 Å². The van der Waals surface area contributed by atoms with Gasteiger partial charge in [0.2, 0.25) is 11.0 Å². The Morgan fingerprint density at radius 2 is 1.72 bits per heavy atom. The molecule has 164 valence electrons. The Balaban J connectivity index is 1.42. The van der Waals surface area contributed by atoms with Crippen molar-refractivity contribution in [3.8, 4) is 0 Å². The van der Waals surface area contributed by atoms with Crippen molar-refractivity contribution in [2.75, 3.05) is 11.5 Å². The van der Waals surface area contributed by atoms with E-state index in [1.165, 1.54) is 16.7 Å². The summed E-state index contributed by atoms with van der Waals surface area (Å²) in [6.45, 7) is 0. The Morgan fingerprint density at radius 1 is 1.06 bits per heavy atom. The lowest BCUT2D eigenvalue weighted by molar-refractivity contribution is -0.150. The van der Waals surface area contributed by atoms with Crippen LogP contribution in [0.1, 0.15) is 15.9 Å². The summed E-state index contributed by atoms with van der Waals surface area (Å²) in [6.07, 6.45) is 0.146. The van der Waals surface area contributed by atoms with Gasteiger partial charge in [-0.1, -0.05) is 72.4 Å². The van der Waals surface area contributed by atoms with Crippen LogP contribution in [-0.4, -0.2) is 55.8 Å². The minimum atomic E-state index is -1.21. The molecule has 0 aromatic heterocycles. The zero-order valence-corrected chi connectivity index (χ0v) is 18.5. The van der Waals surface area contributed by atoms with Crippen molar-refractivity contribution >= 4 is 46.4 Å². The molecule has 2 N–H and O–H groups in total. The molecule has 0 radical (unpaired) electrons. The second-order valence-electron chi connectivity index (χ2n) is 7.32. The lowest BCUT2D eigenvalue weighted by atomic mass is 10.0. The number of aliphatic carboxylic acids is 1. The number of carbonyl (C=O) groups is 4. The lowest BCUT2D eigenvalue weighted by Gasteiger charge is -2.49. The zero-order valence-electron chi connectivity index (χ0n) is 16.9. The fourth-order valence-corrected chi connectivity index (χ4v) is 5.93. The van der Waals surface area contributed by atoms with Crippen LogP contribution in [0, 0.1) is 0 Å². The molecule has 2 aliphatic rings. The largest absolute Gasteiger partial charge is 0.477 e. The van der Waals surface area contributed by atoms with Gasteiger partial charge in [0.25, 0.3) is 5.91 Å². The number of nitrogens with zero attached hydrogens (tertiary/aromatic N) is 1. The summed E-state index contributed by atoms with van der Waals surface area (Å²) >= 11 is 2.41.